The van der Waals surface area contributed by atoms with Gasteiger partial charge in [0.1, 0.15) is 11.5 Å². The molecule has 8 heteroatoms. The molecule has 0 fully saturated rings. The number of fused-ring (bicyclic) bond motifs is 2. The summed E-state index contributed by atoms with van der Waals surface area (Å²) in [6, 6.07) is 38.5. The molecule has 0 amide bonds. The van der Waals surface area contributed by atoms with Crippen molar-refractivity contribution in [1.82, 2.24) is 0 Å². The van der Waals surface area contributed by atoms with Crippen LogP contribution in [0.2, 0.25) is 13.1 Å². The molecule has 0 aliphatic heterocycles. The first-order chi connectivity index (χ1) is 27.9. The van der Waals surface area contributed by atoms with E-state index in [1.807, 2.05) is 38.1 Å². The molecule has 0 spiro atoms. The van der Waals surface area contributed by atoms with Crippen molar-refractivity contribution in [2.24, 2.45) is 0 Å². The first-order valence-corrected chi connectivity index (χ1v) is 32.2. The zero-order valence-electron chi connectivity index (χ0n) is 35.2. The maximum absolute atomic E-state index is 5.95. The Bertz CT molecular complexity index is 2490. The summed E-state index contributed by atoms with van der Waals surface area (Å²) in [5.41, 5.74) is 11.8. The number of methoxy groups -OCH3 is 2. The molecule has 0 saturated heterocycles. The fourth-order valence-electron chi connectivity index (χ4n) is 7.30. The van der Waals surface area contributed by atoms with E-state index in [1.54, 1.807) is 14.2 Å². The van der Waals surface area contributed by atoms with Crippen LogP contribution in [0.1, 0.15) is 47.6 Å². The standard InChI is InChI=1S/2C24H23O2.C2H6Si.2ClH.Zr/c2*1-5-17-10-11-18-13-19(23-12-15(2)16(3)26-23)14-21(18)24(17)20-8-6-7-9-22(20)25-4;1-3-2;;;/h2*6-14H,5H2,1-4H3;1-2H3;2*1H;/q2*-1;;;;+2/p-2. The Morgan fingerprint density at radius 2 is 0.966 bits per heavy atom. The predicted octanol–water partition coefficient (Wildman–Crippen LogP) is 15.5. The number of halogens is 2. The van der Waals surface area contributed by atoms with Crippen LogP contribution in [0.4, 0.5) is 0 Å². The normalized spacial score (nSPS) is 10.9. The molecule has 8 aromatic rings. The average Bonchev–Trinajstić information content (AvgIpc) is 4.02. The molecule has 2 aromatic heterocycles. The molecule has 0 unspecified atom stereocenters. The third-order valence-electron chi connectivity index (χ3n) is 10.7. The van der Waals surface area contributed by atoms with Crippen molar-refractivity contribution in [3.05, 3.63) is 143 Å². The molecular weight excluding hydrogens is 855 g/mol. The van der Waals surface area contributed by atoms with Gasteiger partial charge in [-0.1, -0.05) is 84.6 Å². The average molecular weight is 907 g/mol. The van der Waals surface area contributed by atoms with Crippen LogP contribution < -0.4 is 9.47 Å². The molecule has 0 aliphatic rings. The van der Waals surface area contributed by atoms with E-state index in [0.717, 1.165) is 69.6 Å². The van der Waals surface area contributed by atoms with Crippen LogP contribution in [-0.2, 0) is 30.8 Å². The number of hydrogen-bond donors (Lipinski definition) is 0. The number of aryl methyl sites for hydroxylation is 6. The van der Waals surface area contributed by atoms with Crippen molar-refractivity contribution in [2.45, 2.75) is 67.5 Å². The molecule has 0 N–H and O–H groups in total. The topological polar surface area (TPSA) is 44.7 Å². The van der Waals surface area contributed by atoms with Gasteiger partial charge in [-0.15, -0.1) is 57.9 Å². The van der Waals surface area contributed by atoms with Crippen LogP contribution in [-0.4, -0.2) is 19.7 Å². The van der Waals surface area contributed by atoms with Crippen LogP contribution >= 0.6 is 17.0 Å². The molecule has 300 valence electrons. The number of para-hydroxylation sites is 2. The van der Waals surface area contributed by atoms with E-state index in [-0.39, 0.29) is 5.43 Å². The van der Waals surface area contributed by atoms with Crippen molar-refractivity contribution in [1.29, 1.82) is 0 Å². The molecule has 0 bridgehead atoms. The number of furan rings is 2. The van der Waals surface area contributed by atoms with Crippen LogP contribution in [0.5, 0.6) is 11.5 Å². The van der Waals surface area contributed by atoms with E-state index >= 15 is 0 Å². The van der Waals surface area contributed by atoms with Crippen molar-refractivity contribution in [3.63, 3.8) is 0 Å². The summed E-state index contributed by atoms with van der Waals surface area (Å²) in [5, 5.41) is 4.95. The summed E-state index contributed by atoms with van der Waals surface area (Å²) >= 11 is -1.65. The third-order valence-corrected chi connectivity index (χ3v) is 30.5. The molecule has 0 aliphatic carbocycles. The van der Waals surface area contributed by atoms with Crippen molar-refractivity contribution in [3.8, 4) is 56.4 Å². The molecule has 2 heterocycles. The van der Waals surface area contributed by atoms with Crippen LogP contribution in [0.15, 0.2) is 118 Å². The molecule has 6 aromatic carbocycles. The summed E-state index contributed by atoms with van der Waals surface area (Å²) in [6.07, 6.45) is 1.95. The zero-order valence-corrected chi connectivity index (χ0v) is 40.2. The summed E-state index contributed by atoms with van der Waals surface area (Å²) in [6.45, 7) is 16.9. The predicted molar refractivity (Wildman–Crippen MR) is 245 cm³/mol. The molecular formula is C50H52Cl2O4SiZr-2. The molecule has 0 saturated carbocycles. The second-order valence-electron chi connectivity index (χ2n) is 14.8. The minimum atomic E-state index is -1.65. The Morgan fingerprint density at radius 3 is 1.28 bits per heavy atom. The van der Waals surface area contributed by atoms with Gasteiger partial charge in [-0.3, -0.25) is 0 Å². The second kappa shape index (κ2) is 19.3. The fraction of sp³-hybridized carbons (Fsp3) is 0.240. The Labute approximate surface area is 358 Å². The van der Waals surface area contributed by atoms with Crippen molar-refractivity contribution >= 4 is 44.0 Å². The van der Waals surface area contributed by atoms with Gasteiger partial charge < -0.3 is 18.3 Å². The summed E-state index contributed by atoms with van der Waals surface area (Å²) in [4.78, 5) is 0. The molecule has 8 rings (SSSR count). The fourth-order valence-corrected chi connectivity index (χ4v) is 7.30. The monoisotopic (exact) mass is 904 g/mol. The summed E-state index contributed by atoms with van der Waals surface area (Å²) < 4.78 is 23.2. The summed E-state index contributed by atoms with van der Waals surface area (Å²) in [7, 11) is 14.7. The van der Waals surface area contributed by atoms with Gasteiger partial charge in [0.25, 0.3) is 0 Å². The number of benzene rings is 4. The minimum absolute atomic E-state index is 0.224. The molecule has 4 nitrogen and oxygen atoms in total. The van der Waals surface area contributed by atoms with E-state index in [4.69, 9.17) is 35.3 Å². The Kier molecular flexibility index (Phi) is 14.5. The van der Waals surface area contributed by atoms with Crippen molar-refractivity contribution in [2.75, 3.05) is 14.2 Å². The second-order valence-corrected chi connectivity index (χ2v) is 37.7. The van der Waals surface area contributed by atoms with Gasteiger partial charge >= 0.3 is 53.5 Å². The van der Waals surface area contributed by atoms with E-state index in [2.05, 4.69) is 126 Å². The molecule has 0 atom stereocenters. The van der Waals surface area contributed by atoms with Crippen molar-refractivity contribution < 1.29 is 36.3 Å². The first kappa shape index (κ1) is 43.5. The van der Waals surface area contributed by atoms with Crippen LogP contribution in [0, 0.1) is 27.7 Å². The quantitative estimate of drug-likeness (QED) is 0.113. The zero-order chi connectivity index (χ0) is 41.7. The number of rotatable bonds is 8. The van der Waals surface area contributed by atoms with Gasteiger partial charge in [0.15, 0.2) is 0 Å². The van der Waals surface area contributed by atoms with Gasteiger partial charge in [0, 0.05) is 11.1 Å². The molecule has 58 heavy (non-hydrogen) atoms. The van der Waals surface area contributed by atoms with E-state index in [1.165, 1.54) is 54.9 Å². The van der Waals surface area contributed by atoms with Crippen LogP contribution in [0.3, 0.4) is 0 Å². The Hall–Kier alpha value is -4.06. The van der Waals surface area contributed by atoms with E-state index < -0.39 is 18.0 Å². The van der Waals surface area contributed by atoms with E-state index in [0.29, 0.717) is 0 Å². The SMILES string of the molecule is CCc1ccc2[cH-]c(-c3cc(C)c(C)o3)cc2c1-c1ccccc1OC.CCc1ccc2[cH-]c(-c3cc(C)c(C)o3)cc2c1-c1ccccc1OC.C[Si](C)=[Zr]([Cl])[Cl]. The van der Waals surface area contributed by atoms with Gasteiger partial charge in [-0.2, -0.15) is 0 Å². The van der Waals surface area contributed by atoms with Gasteiger partial charge in [-0.25, -0.2) is 0 Å². The number of ether oxygens (including phenoxy) is 2. The van der Waals surface area contributed by atoms with Gasteiger partial charge in [0.2, 0.25) is 0 Å². The van der Waals surface area contributed by atoms with Gasteiger partial charge in [-0.05, 0) is 87.1 Å². The first-order valence-electron chi connectivity index (χ1n) is 19.7. The Morgan fingerprint density at radius 1 is 0.586 bits per heavy atom. The Balaban J connectivity index is 0.000000172. The van der Waals surface area contributed by atoms with Gasteiger partial charge in [0.05, 0.1) is 37.3 Å². The van der Waals surface area contributed by atoms with Crippen LogP contribution in [0.25, 0.3) is 66.4 Å². The maximum atomic E-state index is 5.95. The summed E-state index contributed by atoms with van der Waals surface area (Å²) in [5.74, 6) is 5.62. The number of hydrogen-bond acceptors (Lipinski definition) is 4. The third kappa shape index (κ3) is 9.37. The van der Waals surface area contributed by atoms with E-state index in [9.17, 15) is 0 Å². The molecule has 0 radical (unpaired) electrons.